The fourth-order valence-corrected chi connectivity index (χ4v) is 8.81. The molecule has 4 aromatic rings. The van der Waals surface area contributed by atoms with Crippen LogP contribution in [0.2, 0.25) is 0 Å². The molecule has 2 aliphatic rings. The van der Waals surface area contributed by atoms with E-state index >= 15 is 0 Å². The summed E-state index contributed by atoms with van der Waals surface area (Å²) in [6.45, 7) is 8.02. The van der Waals surface area contributed by atoms with Crippen molar-refractivity contribution >= 4 is 58.2 Å². The van der Waals surface area contributed by atoms with Crippen molar-refractivity contribution in [2.24, 2.45) is 5.92 Å². The molecule has 6 rings (SSSR count). The van der Waals surface area contributed by atoms with Crippen molar-refractivity contribution in [3.63, 3.8) is 0 Å². The molecular weight excluding hydrogens is 651 g/mol. The fraction of sp³-hybridized carbons (Fsp3) is 0.306. The van der Waals surface area contributed by atoms with Crippen LogP contribution in [-0.2, 0) is 31.1 Å². The summed E-state index contributed by atoms with van der Waals surface area (Å²) in [6, 6.07) is 21.0. The van der Waals surface area contributed by atoms with Crippen molar-refractivity contribution in [1.82, 2.24) is 4.57 Å². The second-order valence-corrected chi connectivity index (χ2v) is 14.7. The minimum Gasteiger partial charge on any atom is -0.497 e. The van der Waals surface area contributed by atoms with E-state index < -0.39 is 29.0 Å². The number of carbonyl (C=O) groups is 4. The van der Waals surface area contributed by atoms with E-state index in [4.69, 9.17) is 9.47 Å². The molecule has 0 bridgehead atoms. The number of nitrogens with one attached hydrogen (secondary N) is 1. The third-order valence-electron chi connectivity index (χ3n) is 8.50. The van der Waals surface area contributed by atoms with Gasteiger partial charge in [0.25, 0.3) is 0 Å². The van der Waals surface area contributed by atoms with Crippen LogP contribution in [0.1, 0.15) is 60.0 Å². The average Bonchev–Trinajstić information content (AvgIpc) is 3.51. The van der Waals surface area contributed by atoms with E-state index in [1.165, 1.54) is 9.47 Å². The summed E-state index contributed by atoms with van der Waals surface area (Å²) in [7, 11) is 1.54. The summed E-state index contributed by atoms with van der Waals surface area (Å²) in [4.78, 5) is 68.5. The summed E-state index contributed by atoms with van der Waals surface area (Å²) in [5.74, 6) is -2.36. The van der Waals surface area contributed by atoms with Gasteiger partial charge in [-0.05, 0) is 72.0 Å². The molecule has 0 spiro atoms. The van der Waals surface area contributed by atoms with Gasteiger partial charge in [-0.15, -0.1) is 0 Å². The Kier molecular flexibility index (Phi) is 9.06. The number of amides is 3. The monoisotopic (exact) mass is 685 g/mol. The molecule has 0 saturated carbocycles. The molecule has 3 amide bonds. The minimum absolute atomic E-state index is 0.0976. The van der Waals surface area contributed by atoms with E-state index in [0.717, 1.165) is 34.2 Å². The van der Waals surface area contributed by atoms with Gasteiger partial charge in [-0.1, -0.05) is 68.1 Å². The maximum Gasteiger partial charge on any atom is 0.338 e. The first kappa shape index (κ1) is 33.2. The van der Waals surface area contributed by atoms with Crippen LogP contribution >= 0.6 is 23.1 Å². The van der Waals surface area contributed by atoms with Crippen molar-refractivity contribution in [3.05, 3.63) is 104 Å². The van der Waals surface area contributed by atoms with Crippen LogP contribution in [0.5, 0.6) is 5.75 Å². The Hall–Kier alpha value is -4.68. The minimum atomic E-state index is -0.807. The van der Waals surface area contributed by atoms with Gasteiger partial charge in [0, 0.05) is 16.5 Å². The number of aromatic nitrogens is 1. The van der Waals surface area contributed by atoms with Crippen LogP contribution in [0.25, 0.3) is 0 Å². The number of thiazole rings is 1. The summed E-state index contributed by atoms with van der Waals surface area (Å²) in [6.07, 6.45) is 0. The second-order valence-electron chi connectivity index (χ2n) is 12.6. The van der Waals surface area contributed by atoms with Gasteiger partial charge < -0.3 is 14.8 Å². The van der Waals surface area contributed by atoms with Gasteiger partial charge in [-0.25, -0.2) is 9.69 Å². The second kappa shape index (κ2) is 13.1. The third kappa shape index (κ3) is 6.17. The SMILES string of the molecule is CCOC(=O)c1ccc(NC(=O)Cn2c3c(sc2=O)[C@@H](c2ccc(C(C)(C)C)cc2)[C@@H]2C(=O)N(c4ccc(OC)cc4)C(=O)[C@@H]2S3)cc1. The lowest BCUT2D eigenvalue weighted by Crippen LogP contribution is -2.33. The molecule has 0 radical (unpaired) electrons. The number of hydrogen-bond acceptors (Lipinski definition) is 9. The standard InChI is InChI=1S/C36H35N3O7S2/c1-6-46-34(43)21-9-13-23(14-10-21)37-26(40)19-38-33-30(48-35(38)44)27(20-7-11-22(12-8-20)36(2,3)4)28-29(47-33)32(42)39(31(28)41)24-15-17-25(45-5)18-16-24/h7-18,27-29H,6,19H2,1-5H3,(H,37,40)/t27-,28-,29+/m0/s1. The van der Waals surface area contributed by atoms with Gasteiger partial charge in [0.2, 0.25) is 17.7 Å². The number of anilines is 2. The maximum absolute atomic E-state index is 14.2. The predicted molar refractivity (Wildman–Crippen MR) is 185 cm³/mol. The van der Waals surface area contributed by atoms with Crippen molar-refractivity contribution in [2.75, 3.05) is 23.9 Å². The Morgan fingerprint density at radius 3 is 2.17 bits per heavy atom. The Morgan fingerprint density at radius 2 is 1.56 bits per heavy atom. The predicted octanol–water partition coefficient (Wildman–Crippen LogP) is 5.83. The third-order valence-corrected chi connectivity index (χ3v) is 11.1. The Balaban J connectivity index is 1.35. The highest BCUT2D eigenvalue weighted by atomic mass is 32.2. The lowest BCUT2D eigenvalue weighted by molar-refractivity contribution is -0.122. The van der Waals surface area contributed by atoms with Crippen LogP contribution in [-0.4, -0.2) is 47.2 Å². The summed E-state index contributed by atoms with van der Waals surface area (Å²) < 4.78 is 11.7. The largest absolute Gasteiger partial charge is 0.497 e. The summed E-state index contributed by atoms with van der Waals surface area (Å²) in [5, 5.41) is 2.47. The zero-order chi connectivity index (χ0) is 34.3. The summed E-state index contributed by atoms with van der Waals surface area (Å²) >= 11 is 2.16. The lowest BCUT2D eigenvalue weighted by atomic mass is 9.81. The zero-order valence-electron chi connectivity index (χ0n) is 27.1. The smallest absolute Gasteiger partial charge is 0.338 e. The molecule has 0 aliphatic carbocycles. The summed E-state index contributed by atoms with van der Waals surface area (Å²) in [5.41, 5.74) is 3.07. The number of benzene rings is 3. The molecule has 10 nitrogen and oxygen atoms in total. The number of esters is 1. The highest BCUT2D eigenvalue weighted by Crippen LogP contribution is 2.54. The van der Waals surface area contributed by atoms with Crippen molar-refractivity contribution in [3.8, 4) is 5.75 Å². The van der Waals surface area contributed by atoms with Crippen LogP contribution < -0.4 is 19.8 Å². The highest BCUT2D eigenvalue weighted by molar-refractivity contribution is 8.00. The van der Waals surface area contributed by atoms with Gasteiger partial charge in [-0.3, -0.25) is 23.7 Å². The fourth-order valence-electron chi connectivity index (χ4n) is 6.04. The number of carbonyl (C=O) groups excluding carboxylic acids is 4. The van der Waals surface area contributed by atoms with Crippen molar-refractivity contribution in [1.29, 1.82) is 0 Å². The van der Waals surface area contributed by atoms with Gasteiger partial charge in [-0.2, -0.15) is 0 Å². The molecule has 2 aliphatic heterocycles. The van der Waals surface area contributed by atoms with E-state index in [9.17, 15) is 24.0 Å². The normalized spacial score (nSPS) is 18.7. The number of methoxy groups -OCH3 is 1. The van der Waals surface area contributed by atoms with E-state index in [1.54, 1.807) is 62.6 Å². The Bertz CT molecular complexity index is 1940. The number of nitrogens with zero attached hydrogens (tertiary/aromatic N) is 2. The number of thioether (sulfide) groups is 1. The molecule has 1 aromatic heterocycles. The number of hydrogen-bond donors (Lipinski definition) is 1. The molecule has 3 aromatic carbocycles. The van der Waals surface area contributed by atoms with Gasteiger partial charge in [0.1, 0.15) is 17.5 Å². The number of rotatable bonds is 8. The molecule has 1 N–H and O–H groups in total. The number of fused-ring (bicyclic) bond motifs is 2. The number of ether oxygens (including phenoxy) is 2. The van der Waals surface area contributed by atoms with Crippen LogP contribution in [0.4, 0.5) is 11.4 Å². The molecule has 0 unspecified atom stereocenters. The van der Waals surface area contributed by atoms with Crippen molar-refractivity contribution in [2.45, 2.75) is 55.8 Å². The van der Waals surface area contributed by atoms with Gasteiger partial charge in [0.05, 0.1) is 35.9 Å². The Morgan fingerprint density at radius 1 is 0.896 bits per heavy atom. The molecule has 3 atom stereocenters. The van der Waals surface area contributed by atoms with E-state index in [1.807, 2.05) is 24.3 Å². The van der Waals surface area contributed by atoms with Gasteiger partial charge >= 0.3 is 10.8 Å². The Labute approximate surface area is 286 Å². The van der Waals surface area contributed by atoms with Gasteiger partial charge in [0.15, 0.2) is 0 Å². The van der Waals surface area contributed by atoms with Crippen LogP contribution in [0.3, 0.4) is 0 Å². The highest BCUT2D eigenvalue weighted by Gasteiger charge is 2.56. The molecular formula is C36H35N3O7S2. The molecule has 3 heterocycles. The topological polar surface area (TPSA) is 124 Å². The van der Waals surface area contributed by atoms with E-state index in [-0.39, 0.29) is 35.3 Å². The average molecular weight is 686 g/mol. The molecule has 1 saturated heterocycles. The van der Waals surface area contributed by atoms with Crippen LogP contribution in [0, 0.1) is 5.92 Å². The molecule has 248 valence electrons. The van der Waals surface area contributed by atoms with Crippen LogP contribution in [0.15, 0.2) is 82.6 Å². The first-order valence-electron chi connectivity index (χ1n) is 15.5. The van der Waals surface area contributed by atoms with Crippen molar-refractivity contribution < 1.29 is 28.7 Å². The molecule has 48 heavy (non-hydrogen) atoms. The molecule has 12 heteroatoms. The zero-order valence-corrected chi connectivity index (χ0v) is 28.8. The number of imide groups is 1. The molecule has 1 fully saturated rings. The maximum atomic E-state index is 14.2. The quantitative estimate of drug-likeness (QED) is 0.182. The lowest BCUT2D eigenvalue weighted by Gasteiger charge is -2.31. The first-order chi connectivity index (χ1) is 22.9. The van der Waals surface area contributed by atoms with E-state index in [2.05, 4.69) is 26.1 Å². The van der Waals surface area contributed by atoms with E-state index in [0.29, 0.717) is 32.6 Å². The first-order valence-corrected chi connectivity index (χ1v) is 17.2.